The molecular formula is C20H19N3O4. The molecule has 1 aliphatic rings. The smallest absolute Gasteiger partial charge is 0.324 e. The minimum Gasteiger partial charge on any atom is -0.324 e. The van der Waals surface area contributed by atoms with Crippen LogP contribution in [0.2, 0.25) is 0 Å². The molecule has 5 amide bonds. The highest BCUT2D eigenvalue weighted by atomic mass is 16.2. The van der Waals surface area contributed by atoms with Crippen LogP contribution in [0.15, 0.2) is 48.5 Å². The van der Waals surface area contributed by atoms with Gasteiger partial charge in [0.2, 0.25) is 5.91 Å². The highest BCUT2D eigenvalue weighted by Gasteiger charge is 2.45. The molecule has 27 heavy (non-hydrogen) atoms. The van der Waals surface area contributed by atoms with Crippen molar-refractivity contribution in [3.05, 3.63) is 65.2 Å². The van der Waals surface area contributed by atoms with Gasteiger partial charge in [-0.1, -0.05) is 48.5 Å². The third-order valence-electron chi connectivity index (χ3n) is 4.37. The lowest BCUT2D eigenvalue weighted by atomic mass is 10.1. The molecule has 0 aliphatic carbocycles. The van der Waals surface area contributed by atoms with Gasteiger partial charge in [0.05, 0.1) is 6.54 Å². The Morgan fingerprint density at radius 3 is 2.07 bits per heavy atom. The molecule has 1 fully saturated rings. The number of imide groups is 2. The number of amides is 5. The number of aryl methyl sites for hydroxylation is 2. The monoisotopic (exact) mass is 365 g/mol. The van der Waals surface area contributed by atoms with E-state index in [0.717, 1.165) is 16.0 Å². The molecule has 0 unspecified atom stereocenters. The highest BCUT2D eigenvalue weighted by molar-refractivity contribution is 6.45. The lowest BCUT2D eigenvalue weighted by molar-refractivity contribution is -0.143. The first-order chi connectivity index (χ1) is 12.9. The van der Waals surface area contributed by atoms with Gasteiger partial charge in [-0.3, -0.25) is 19.3 Å². The van der Waals surface area contributed by atoms with Gasteiger partial charge in [0.25, 0.3) is 0 Å². The van der Waals surface area contributed by atoms with Gasteiger partial charge in [-0.2, -0.15) is 0 Å². The maximum atomic E-state index is 12.5. The summed E-state index contributed by atoms with van der Waals surface area (Å²) in [5.74, 6) is -2.46. The molecule has 0 aromatic heterocycles. The molecule has 138 valence electrons. The second-order valence-corrected chi connectivity index (χ2v) is 6.37. The normalized spacial score (nSPS) is 14.1. The van der Waals surface area contributed by atoms with Crippen molar-refractivity contribution in [2.75, 3.05) is 11.9 Å². The summed E-state index contributed by atoms with van der Waals surface area (Å²) in [5.41, 5.74) is 3.08. The molecule has 1 N–H and O–H groups in total. The largest absolute Gasteiger partial charge is 0.335 e. The lowest BCUT2D eigenvalue weighted by Gasteiger charge is -2.16. The number of urea groups is 1. The van der Waals surface area contributed by atoms with Gasteiger partial charge >= 0.3 is 17.8 Å². The SMILES string of the molecule is Cc1cccc(C)c1NC(=O)CN1C(=O)C(=O)N(Cc2ccccc2)C1=O. The minimum atomic E-state index is -0.993. The highest BCUT2D eigenvalue weighted by Crippen LogP contribution is 2.20. The Labute approximate surface area is 156 Å². The van der Waals surface area contributed by atoms with Crippen LogP contribution in [-0.2, 0) is 20.9 Å². The molecule has 2 aromatic carbocycles. The summed E-state index contributed by atoms with van der Waals surface area (Å²) < 4.78 is 0. The molecule has 0 saturated carbocycles. The van der Waals surface area contributed by atoms with Crippen molar-refractivity contribution in [3.8, 4) is 0 Å². The molecule has 0 radical (unpaired) electrons. The van der Waals surface area contributed by atoms with Gasteiger partial charge < -0.3 is 5.32 Å². The Kier molecular flexibility index (Phi) is 5.03. The number of benzene rings is 2. The zero-order valence-corrected chi connectivity index (χ0v) is 15.1. The van der Waals surface area contributed by atoms with Crippen molar-refractivity contribution >= 4 is 29.4 Å². The number of rotatable bonds is 5. The van der Waals surface area contributed by atoms with E-state index in [1.807, 2.05) is 38.1 Å². The van der Waals surface area contributed by atoms with Gasteiger partial charge in [-0.15, -0.1) is 0 Å². The number of hydrogen-bond donors (Lipinski definition) is 1. The van der Waals surface area contributed by atoms with E-state index in [4.69, 9.17) is 0 Å². The average Bonchev–Trinajstić information content (AvgIpc) is 2.84. The van der Waals surface area contributed by atoms with Crippen LogP contribution >= 0.6 is 0 Å². The van der Waals surface area contributed by atoms with Crippen molar-refractivity contribution < 1.29 is 19.2 Å². The Hall–Kier alpha value is -3.48. The number of hydrogen-bond acceptors (Lipinski definition) is 4. The number of para-hydroxylation sites is 1. The Balaban J connectivity index is 1.71. The molecule has 7 nitrogen and oxygen atoms in total. The van der Waals surface area contributed by atoms with Crippen molar-refractivity contribution in [3.63, 3.8) is 0 Å². The fraction of sp³-hybridized carbons (Fsp3) is 0.200. The van der Waals surface area contributed by atoms with Gasteiger partial charge in [-0.05, 0) is 30.5 Å². The standard InChI is InChI=1S/C20H19N3O4/c1-13-7-6-8-14(2)17(13)21-16(24)12-23-19(26)18(25)22(20(23)27)11-15-9-4-3-5-10-15/h3-10H,11-12H2,1-2H3,(H,21,24). The third-order valence-corrected chi connectivity index (χ3v) is 4.37. The van der Waals surface area contributed by atoms with Crippen LogP contribution in [-0.4, -0.2) is 40.1 Å². The molecule has 1 aliphatic heterocycles. The van der Waals surface area contributed by atoms with Crippen LogP contribution in [0.25, 0.3) is 0 Å². The van der Waals surface area contributed by atoms with Crippen molar-refractivity contribution in [2.24, 2.45) is 0 Å². The second kappa shape index (κ2) is 7.41. The second-order valence-electron chi connectivity index (χ2n) is 6.37. The summed E-state index contributed by atoms with van der Waals surface area (Å²) in [4.78, 5) is 50.7. The van der Waals surface area contributed by atoms with Crippen LogP contribution in [0.5, 0.6) is 0 Å². The van der Waals surface area contributed by atoms with Crippen LogP contribution < -0.4 is 5.32 Å². The van der Waals surface area contributed by atoms with E-state index in [2.05, 4.69) is 5.32 Å². The zero-order chi connectivity index (χ0) is 19.6. The summed E-state index contributed by atoms with van der Waals surface area (Å²) in [6.45, 7) is 3.17. The van der Waals surface area contributed by atoms with Crippen LogP contribution in [0.4, 0.5) is 10.5 Å². The first-order valence-corrected chi connectivity index (χ1v) is 8.46. The maximum absolute atomic E-state index is 12.5. The average molecular weight is 365 g/mol. The van der Waals surface area contributed by atoms with E-state index in [1.165, 1.54) is 0 Å². The summed E-state index contributed by atoms with van der Waals surface area (Å²) in [6.07, 6.45) is 0. The molecule has 3 rings (SSSR count). The number of carbonyl (C=O) groups excluding carboxylic acids is 4. The molecule has 1 saturated heterocycles. The summed E-state index contributed by atoms with van der Waals surface area (Å²) in [7, 11) is 0. The first-order valence-electron chi connectivity index (χ1n) is 8.46. The number of nitrogens with zero attached hydrogens (tertiary/aromatic N) is 2. The van der Waals surface area contributed by atoms with Crippen molar-refractivity contribution in [2.45, 2.75) is 20.4 Å². The summed E-state index contributed by atoms with van der Waals surface area (Å²) >= 11 is 0. The summed E-state index contributed by atoms with van der Waals surface area (Å²) in [5, 5.41) is 2.71. The van der Waals surface area contributed by atoms with E-state index in [-0.39, 0.29) is 6.54 Å². The molecule has 0 bridgehead atoms. The molecule has 7 heteroatoms. The predicted octanol–water partition coefficient (Wildman–Crippen LogP) is 2.23. The van der Waals surface area contributed by atoms with E-state index >= 15 is 0 Å². The molecule has 1 heterocycles. The lowest BCUT2D eigenvalue weighted by Crippen LogP contribution is -2.39. The first kappa shape index (κ1) is 18.3. The topological polar surface area (TPSA) is 86.8 Å². The van der Waals surface area contributed by atoms with Gasteiger partial charge in [0.1, 0.15) is 6.54 Å². The van der Waals surface area contributed by atoms with Crippen LogP contribution in [0.3, 0.4) is 0 Å². The molecule has 0 spiro atoms. The molecular weight excluding hydrogens is 346 g/mol. The zero-order valence-electron chi connectivity index (χ0n) is 15.1. The third kappa shape index (κ3) is 3.72. The van der Waals surface area contributed by atoms with Crippen molar-refractivity contribution in [1.82, 2.24) is 9.80 Å². The fourth-order valence-electron chi connectivity index (χ4n) is 2.93. The number of anilines is 1. The Morgan fingerprint density at radius 2 is 1.44 bits per heavy atom. The number of carbonyl (C=O) groups is 4. The quantitative estimate of drug-likeness (QED) is 0.650. The van der Waals surface area contributed by atoms with E-state index < -0.39 is 30.3 Å². The predicted molar refractivity (Wildman–Crippen MR) is 98.6 cm³/mol. The van der Waals surface area contributed by atoms with E-state index in [1.54, 1.807) is 24.3 Å². The maximum Gasteiger partial charge on any atom is 0.335 e. The number of nitrogens with one attached hydrogen (secondary N) is 1. The fourth-order valence-corrected chi connectivity index (χ4v) is 2.93. The Morgan fingerprint density at radius 1 is 0.852 bits per heavy atom. The van der Waals surface area contributed by atoms with Gasteiger partial charge in [-0.25, -0.2) is 9.69 Å². The van der Waals surface area contributed by atoms with Gasteiger partial charge in [0, 0.05) is 5.69 Å². The van der Waals surface area contributed by atoms with Gasteiger partial charge in [0.15, 0.2) is 0 Å². The Bertz CT molecular complexity index is 904. The molecule has 0 atom stereocenters. The minimum absolute atomic E-state index is 0.0146. The van der Waals surface area contributed by atoms with Crippen LogP contribution in [0, 0.1) is 13.8 Å². The van der Waals surface area contributed by atoms with E-state index in [0.29, 0.717) is 16.2 Å². The van der Waals surface area contributed by atoms with E-state index in [9.17, 15) is 19.2 Å². The van der Waals surface area contributed by atoms with Crippen molar-refractivity contribution in [1.29, 1.82) is 0 Å². The van der Waals surface area contributed by atoms with Crippen LogP contribution in [0.1, 0.15) is 16.7 Å². The summed E-state index contributed by atoms with van der Waals surface area (Å²) in [6, 6.07) is 13.6. The molecule has 2 aromatic rings.